The second kappa shape index (κ2) is 9.26. The fraction of sp³-hybridized carbons (Fsp3) is 0.364. The van der Waals surface area contributed by atoms with Crippen LogP contribution in [0.1, 0.15) is 24.0 Å². The number of ether oxygens (including phenoxy) is 2. The Hall–Kier alpha value is -3.02. The van der Waals surface area contributed by atoms with Gasteiger partial charge in [0.15, 0.2) is 6.61 Å². The SMILES string of the molecule is Cc1cccc(OCC(=O)NC2CCN(C(=O)Oc3ccccc3)CC2)c1C. The van der Waals surface area contributed by atoms with Crippen molar-refractivity contribution < 1.29 is 19.1 Å². The summed E-state index contributed by atoms with van der Waals surface area (Å²) >= 11 is 0. The predicted octanol–water partition coefficient (Wildman–Crippen LogP) is 3.46. The summed E-state index contributed by atoms with van der Waals surface area (Å²) in [5.41, 5.74) is 2.17. The second-order valence-electron chi connectivity index (χ2n) is 7.00. The van der Waals surface area contributed by atoms with E-state index < -0.39 is 0 Å². The van der Waals surface area contributed by atoms with E-state index in [1.807, 2.05) is 50.2 Å². The molecule has 6 heteroatoms. The Kier molecular flexibility index (Phi) is 6.53. The van der Waals surface area contributed by atoms with Crippen LogP contribution < -0.4 is 14.8 Å². The maximum atomic E-state index is 12.2. The summed E-state index contributed by atoms with van der Waals surface area (Å²) in [5, 5.41) is 2.99. The molecule has 148 valence electrons. The maximum absolute atomic E-state index is 12.2. The zero-order chi connectivity index (χ0) is 19.9. The lowest BCUT2D eigenvalue weighted by atomic mass is 10.1. The lowest BCUT2D eigenvalue weighted by molar-refractivity contribution is -0.124. The van der Waals surface area contributed by atoms with Crippen molar-refractivity contribution in [2.45, 2.75) is 32.7 Å². The van der Waals surface area contributed by atoms with Gasteiger partial charge in [0, 0.05) is 19.1 Å². The number of amides is 2. The number of hydrogen-bond donors (Lipinski definition) is 1. The first kappa shape index (κ1) is 19.7. The molecule has 0 unspecified atom stereocenters. The summed E-state index contributed by atoms with van der Waals surface area (Å²) in [6, 6.07) is 14.9. The first-order valence-electron chi connectivity index (χ1n) is 9.53. The number of rotatable bonds is 5. The highest BCUT2D eigenvalue weighted by molar-refractivity contribution is 5.78. The normalized spacial score (nSPS) is 14.4. The molecule has 0 spiro atoms. The highest BCUT2D eigenvalue weighted by Crippen LogP contribution is 2.20. The van der Waals surface area contributed by atoms with Gasteiger partial charge in [-0.3, -0.25) is 4.79 Å². The largest absolute Gasteiger partial charge is 0.483 e. The lowest BCUT2D eigenvalue weighted by Crippen LogP contribution is -2.48. The number of carbonyl (C=O) groups excluding carboxylic acids is 2. The van der Waals surface area contributed by atoms with Crippen molar-refractivity contribution in [1.82, 2.24) is 10.2 Å². The monoisotopic (exact) mass is 382 g/mol. The standard InChI is InChI=1S/C22H26N2O4/c1-16-7-6-10-20(17(16)2)27-15-21(25)23-18-11-13-24(14-12-18)22(26)28-19-8-4-3-5-9-19/h3-10,18H,11-15H2,1-2H3,(H,23,25). The van der Waals surface area contributed by atoms with Crippen molar-refractivity contribution in [2.24, 2.45) is 0 Å². The van der Waals surface area contributed by atoms with Gasteiger partial charge in [0.05, 0.1) is 0 Å². The molecule has 2 aromatic rings. The van der Waals surface area contributed by atoms with Crippen LogP contribution in [0.25, 0.3) is 0 Å². The van der Waals surface area contributed by atoms with Crippen LogP contribution in [0.5, 0.6) is 11.5 Å². The molecular weight excluding hydrogens is 356 g/mol. The molecule has 0 aliphatic carbocycles. The van der Waals surface area contributed by atoms with E-state index in [0.29, 0.717) is 31.7 Å². The van der Waals surface area contributed by atoms with E-state index in [2.05, 4.69) is 5.32 Å². The zero-order valence-electron chi connectivity index (χ0n) is 16.3. The van der Waals surface area contributed by atoms with Gasteiger partial charge < -0.3 is 19.7 Å². The quantitative estimate of drug-likeness (QED) is 0.860. The summed E-state index contributed by atoms with van der Waals surface area (Å²) in [5.74, 6) is 1.12. The zero-order valence-corrected chi connectivity index (χ0v) is 16.3. The first-order valence-corrected chi connectivity index (χ1v) is 9.53. The van der Waals surface area contributed by atoms with E-state index in [1.54, 1.807) is 17.0 Å². The minimum absolute atomic E-state index is 0.0133. The van der Waals surface area contributed by atoms with Gasteiger partial charge >= 0.3 is 6.09 Å². The van der Waals surface area contributed by atoms with Gasteiger partial charge in [0.25, 0.3) is 5.91 Å². The lowest BCUT2D eigenvalue weighted by Gasteiger charge is -2.31. The van der Waals surface area contributed by atoms with Crippen LogP contribution >= 0.6 is 0 Å². The van der Waals surface area contributed by atoms with Gasteiger partial charge in [0.1, 0.15) is 11.5 Å². The van der Waals surface area contributed by atoms with Crippen LogP contribution in [0.4, 0.5) is 4.79 Å². The predicted molar refractivity (Wildman–Crippen MR) is 107 cm³/mol. The molecule has 2 aromatic carbocycles. The van der Waals surface area contributed by atoms with E-state index in [1.165, 1.54) is 0 Å². The Morgan fingerprint density at radius 3 is 2.46 bits per heavy atom. The third kappa shape index (κ3) is 5.25. The molecule has 0 aromatic heterocycles. The Morgan fingerprint density at radius 1 is 1.04 bits per heavy atom. The number of hydrogen-bond acceptors (Lipinski definition) is 4. The van der Waals surface area contributed by atoms with Crippen LogP contribution in [0, 0.1) is 13.8 Å². The molecule has 28 heavy (non-hydrogen) atoms. The highest BCUT2D eigenvalue weighted by Gasteiger charge is 2.25. The van der Waals surface area contributed by atoms with Crippen molar-refractivity contribution in [2.75, 3.05) is 19.7 Å². The molecule has 0 radical (unpaired) electrons. The third-order valence-corrected chi connectivity index (χ3v) is 4.98. The molecule has 3 rings (SSSR count). The minimum Gasteiger partial charge on any atom is -0.483 e. The molecule has 6 nitrogen and oxygen atoms in total. The Bertz CT molecular complexity index is 815. The number of likely N-dealkylation sites (tertiary alicyclic amines) is 1. The molecule has 1 aliphatic rings. The summed E-state index contributed by atoms with van der Waals surface area (Å²) < 4.78 is 11.0. The molecule has 1 N–H and O–H groups in total. The summed E-state index contributed by atoms with van der Waals surface area (Å²) in [7, 11) is 0. The van der Waals surface area contributed by atoms with E-state index >= 15 is 0 Å². The fourth-order valence-electron chi connectivity index (χ4n) is 3.15. The average Bonchev–Trinajstić information content (AvgIpc) is 2.70. The molecular formula is C22H26N2O4. The van der Waals surface area contributed by atoms with Crippen LogP contribution in [-0.2, 0) is 4.79 Å². The van der Waals surface area contributed by atoms with Crippen molar-refractivity contribution in [3.63, 3.8) is 0 Å². The second-order valence-corrected chi connectivity index (χ2v) is 7.00. The third-order valence-electron chi connectivity index (χ3n) is 4.98. The summed E-state index contributed by atoms with van der Waals surface area (Å²) in [6.07, 6.45) is 1.03. The number of aryl methyl sites for hydroxylation is 1. The van der Waals surface area contributed by atoms with Gasteiger partial charge in [-0.25, -0.2) is 4.79 Å². The fourth-order valence-corrected chi connectivity index (χ4v) is 3.15. The molecule has 2 amide bonds. The molecule has 0 atom stereocenters. The summed E-state index contributed by atoms with van der Waals surface area (Å²) in [4.78, 5) is 26.1. The number of piperidine rings is 1. The van der Waals surface area contributed by atoms with Crippen molar-refractivity contribution in [1.29, 1.82) is 0 Å². The number of nitrogens with zero attached hydrogens (tertiary/aromatic N) is 1. The van der Waals surface area contributed by atoms with Crippen LogP contribution in [0.2, 0.25) is 0 Å². The van der Waals surface area contributed by atoms with E-state index in [9.17, 15) is 9.59 Å². The van der Waals surface area contributed by atoms with Crippen LogP contribution in [0.3, 0.4) is 0 Å². The number of carbonyl (C=O) groups is 2. The van der Waals surface area contributed by atoms with Crippen LogP contribution in [0.15, 0.2) is 48.5 Å². The molecule has 1 saturated heterocycles. The number of para-hydroxylation sites is 1. The smallest absolute Gasteiger partial charge is 0.415 e. The number of nitrogens with one attached hydrogen (secondary N) is 1. The Labute approximate surface area is 165 Å². The average molecular weight is 382 g/mol. The molecule has 1 heterocycles. The minimum atomic E-state index is -0.353. The molecule has 0 bridgehead atoms. The van der Waals surface area contributed by atoms with Crippen molar-refractivity contribution >= 4 is 12.0 Å². The van der Waals surface area contributed by atoms with E-state index in [-0.39, 0.29) is 24.6 Å². The molecule has 1 aliphatic heterocycles. The maximum Gasteiger partial charge on any atom is 0.415 e. The van der Waals surface area contributed by atoms with Gasteiger partial charge in [0.2, 0.25) is 0 Å². The van der Waals surface area contributed by atoms with Gasteiger partial charge in [-0.15, -0.1) is 0 Å². The first-order chi connectivity index (χ1) is 13.5. The van der Waals surface area contributed by atoms with Crippen molar-refractivity contribution in [3.05, 3.63) is 59.7 Å². The van der Waals surface area contributed by atoms with Crippen molar-refractivity contribution in [3.8, 4) is 11.5 Å². The number of benzene rings is 2. The van der Waals surface area contributed by atoms with E-state index in [4.69, 9.17) is 9.47 Å². The Morgan fingerprint density at radius 2 is 1.75 bits per heavy atom. The van der Waals surface area contributed by atoms with Crippen LogP contribution in [-0.4, -0.2) is 42.6 Å². The summed E-state index contributed by atoms with van der Waals surface area (Å²) in [6.45, 7) is 5.08. The van der Waals surface area contributed by atoms with Gasteiger partial charge in [-0.05, 0) is 56.0 Å². The van der Waals surface area contributed by atoms with E-state index in [0.717, 1.165) is 16.9 Å². The van der Waals surface area contributed by atoms with Gasteiger partial charge in [-0.2, -0.15) is 0 Å². The molecule has 0 saturated carbocycles. The molecule has 1 fully saturated rings. The Balaban J connectivity index is 1.40. The van der Waals surface area contributed by atoms with Gasteiger partial charge in [-0.1, -0.05) is 30.3 Å². The topological polar surface area (TPSA) is 67.9 Å². The highest BCUT2D eigenvalue weighted by atomic mass is 16.6.